The zero-order valence-electron chi connectivity index (χ0n) is 9.66. The van der Waals surface area contributed by atoms with Crippen molar-refractivity contribution in [3.8, 4) is 0 Å². The summed E-state index contributed by atoms with van der Waals surface area (Å²) < 4.78 is 1.18. The minimum Gasteiger partial charge on any atom is -0.389 e. The van der Waals surface area contributed by atoms with Gasteiger partial charge in [0, 0.05) is 11.3 Å². The van der Waals surface area contributed by atoms with Crippen molar-refractivity contribution in [3.63, 3.8) is 0 Å². The molecule has 1 N–H and O–H groups in total. The maximum Gasteiger partial charge on any atom is 0.0728 e. The van der Waals surface area contributed by atoms with Crippen molar-refractivity contribution in [3.05, 3.63) is 32.4 Å². The number of thiophene rings is 1. The molecule has 0 amide bonds. The summed E-state index contributed by atoms with van der Waals surface area (Å²) in [6, 6.07) is 4.24. The van der Waals surface area contributed by atoms with Crippen LogP contribution >= 0.6 is 27.3 Å². The lowest BCUT2D eigenvalue weighted by Gasteiger charge is -2.32. The van der Waals surface area contributed by atoms with Crippen molar-refractivity contribution < 1.29 is 5.11 Å². The molecule has 1 aliphatic carbocycles. The summed E-state index contributed by atoms with van der Waals surface area (Å²) in [6.45, 7) is 4.46. The van der Waals surface area contributed by atoms with Crippen LogP contribution in [-0.4, -0.2) is 11.2 Å². The number of halogens is 1. The van der Waals surface area contributed by atoms with Gasteiger partial charge in [0.25, 0.3) is 0 Å². The van der Waals surface area contributed by atoms with Gasteiger partial charge in [-0.05, 0) is 46.3 Å². The monoisotopic (exact) mass is 300 g/mol. The predicted molar refractivity (Wildman–Crippen MR) is 72.8 cm³/mol. The smallest absolute Gasteiger partial charge is 0.0728 e. The van der Waals surface area contributed by atoms with Crippen molar-refractivity contribution >= 4 is 27.3 Å². The van der Waals surface area contributed by atoms with Gasteiger partial charge in [-0.3, -0.25) is 0 Å². The van der Waals surface area contributed by atoms with E-state index in [1.807, 2.05) is 6.08 Å². The summed E-state index contributed by atoms with van der Waals surface area (Å²) in [7, 11) is 0. The molecule has 0 bridgehead atoms. The van der Waals surface area contributed by atoms with Gasteiger partial charge >= 0.3 is 0 Å². The van der Waals surface area contributed by atoms with Crippen LogP contribution in [0.5, 0.6) is 0 Å². The molecule has 2 rings (SSSR count). The maximum atomic E-state index is 9.82. The van der Waals surface area contributed by atoms with Crippen LogP contribution in [0.15, 0.2) is 27.6 Å². The van der Waals surface area contributed by atoms with E-state index in [9.17, 15) is 5.11 Å². The molecule has 0 saturated carbocycles. The Balaban J connectivity index is 2.10. The third kappa shape index (κ3) is 3.19. The molecule has 1 aromatic heterocycles. The van der Waals surface area contributed by atoms with E-state index in [0.29, 0.717) is 0 Å². The molecule has 1 atom stereocenters. The molecule has 1 nitrogen and oxygen atoms in total. The molecule has 1 heterocycles. The van der Waals surface area contributed by atoms with Gasteiger partial charge in [0.05, 0.1) is 9.89 Å². The fourth-order valence-corrected chi connectivity index (χ4v) is 3.97. The fourth-order valence-electron chi connectivity index (χ4n) is 2.43. The first-order valence-corrected chi connectivity index (χ1v) is 7.17. The molecule has 3 heteroatoms. The first kappa shape index (κ1) is 12.3. The van der Waals surface area contributed by atoms with Crippen molar-refractivity contribution in [2.24, 2.45) is 5.41 Å². The molecule has 0 radical (unpaired) electrons. The van der Waals surface area contributed by atoms with Crippen molar-refractivity contribution in [1.82, 2.24) is 0 Å². The summed E-state index contributed by atoms with van der Waals surface area (Å²) in [5, 5.41) is 9.82. The molecule has 1 aromatic rings. The van der Waals surface area contributed by atoms with E-state index in [2.05, 4.69) is 41.9 Å². The van der Waals surface area contributed by atoms with Gasteiger partial charge in [0.15, 0.2) is 0 Å². The summed E-state index contributed by atoms with van der Waals surface area (Å²) in [4.78, 5) is 1.36. The number of hydrogen-bond donors (Lipinski definition) is 1. The Labute approximate surface area is 109 Å². The maximum absolute atomic E-state index is 9.82. The second-order valence-corrected chi connectivity index (χ2v) is 7.87. The Bertz CT molecular complexity index is 406. The highest BCUT2D eigenvalue weighted by atomic mass is 79.9. The van der Waals surface area contributed by atoms with Gasteiger partial charge in [-0.2, -0.15) is 0 Å². The average molecular weight is 301 g/mol. The van der Waals surface area contributed by atoms with E-state index < -0.39 is 0 Å². The van der Waals surface area contributed by atoms with E-state index in [1.165, 1.54) is 14.2 Å². The zero-order chi connectivity index (χ0) is 11.8. The van der Waals surface area contributed by atoms with Crippen LogP contribution in [-0.2, 0) is 6.42 Å². The Hall–Kier alpha value is -0.120. The van der Waals surface area contributed by atoms with E-state index in [1.54, 1.807) is 11.3 Å². The van der Waals surface area contributed by atoms with E-state index in [4.69, 9.17) is 0 Å². The molecular formula is C13H17BrOS. The molecule has 88 valence electrons. The highest BCUT2D eigenvalue weighted by Gasteiger charge is 2.27. The van der Waals surface area contributed by atoms with Crippen LogP contribution in [0.2, 0.25) is 0 Å². The molecule has 0 saturated heterocycles. The van der Waals surface area contributed by atoms with Crippen LogP contribution in [0.4, 0.5) is 0 Å². The minimum atomic E-state index is -0.262. The van der Waals surface area contributed by atoms with Gasteiger partial charge in [-0.1, -0.05) is 25.5 Å². The second kappa shape index (κ2) is 4.63. The van der Waals surface area contributed by atoms with Crippen molar-refractivity contribution in [1.29, 1.82) is 0 Å². The number of aliphatic hydroxyl groups excluding tert-OH is 1. The van der Waals surface area contributed by atoms with E-state index >= 15 is 0 Å². The number of allylic oxidation sites excluding steroid dienone is 1. The lowest BCUT2D eigenvalue weighted by molar-refractivity contribution is 0.138. The highest BCUT2D eigenvalue weighted by molar-refractivity contribution is 9.11. The standard InChI is InChI=1S/C13H17BrOS/c1-13(2)7-9(5-10(15)8-13)6-11-3-4-12(14)16-11/h3-5,10,15H,6-8H2,1-2H3. The molecule has 1 aliphatic rings. The Kier molecular flexibility index (Phi) is 3.57. The first-order valence-electron chi connectivity index (χ1n) is 5.56. The lowest BCUT2D eigenvalue weighted by Crippen LogP contribution is -2.25. The normalized spacial score (nSPS) is 24.2. The SMILES string of the molecule is CC1(C)CC(Cc2ccc(Br)s2)=CC(O)C1. The van der Waals surface area contributed by atoms with Crippen molar-refractivity contribution in [2.75, 3.05) is 0 Å². The second-order valence-electron chi connectivity index (χ2n) is 5.32. The average Bonchev–Trinajstić information content (AvgIpc) is 2.46. The van der Waals surface area contributed by atoms with E-state index in [0.717, 1.165) is 19.3 Å². The fraction of sp³-hybridized carbons (Fsp3) is 0.538. The summed E-state index contributed by atoms with van der Waals surface area (Å²) in [5.74, 6) is 0. The number of rotatable bonds is 2. The molecule has 0 fully saturated rings. The highest BCUT2D eigenvalue weighted by Crippen LogP contribution is 2.37. The van der Waals surface area contributed by atoms with Crippen LogP contribution in [0.25, 0.3) is 0 Å². The van der Waals surface area contributed by atoms with Gasteiger partial charge < -0.3 is 5.11 Å². The number of aliphatic hydroxyl groups is 1. The topological polar surface area (TPSA) is 20.2 Å². The predicted octanol–water partition coefficient (Wildman–Crippen LogP) is 4.16. The summed E-state index contributed by atoms with van der Waals surface area (Å²) >= 11 is 5.26. The Morgan fingerprint density at radius 2 is 2.25 bits per heavy atom. The van der Waals surface area contributed by atoms with Crippen LogP contribution in [0.1, 0.15) is 31.6 Å². The summed E-state index contributed by atoms with van der Waals surface area (Å²) in [5.41, 5.74) is 1.61. The van der Waals surface area contributed by atoms with Gasteiger partial charge in [0.1, 0.15) is 0 Å². The van der Waals surface area contributed by atoms with Gasteiger partial charge in [-0.15, -0.1) is 11.3 Å². The van der Waals surface area contributed by atoms with Gasteiger partial charge in [0.2, 0.25) is 0 Å². The van der Waals surface area contributed by atoms with Crippen LogP contribution < -0.4 is 0 Å². The third-order valence-electron chi connectivity index (χ3n) is 2.93. The third-order valence-corrected chi connectivity index (χ3v) is 4.55. The van der Waals surface area contributed by atoms with Crippen LogP contribution in [0, 0.1) is 5.41 Å². The number of hydrogen-bond acceptors (Lipinski definition) is 2. The zero-order valence-corrected chi connectivity index (χ0v) is 12.1. The molecule has 0 spiro atoms. The molecule has 16 heavy (non-hydrogen) atoms. The lowest BCUT2D eigenvalue weighted by atomic mass is 9.75. The summed E-state index contributed by atoms with van der Waals surface area (Å²) in [6.07, 6.45) is 4.74. The first-order chi connectivity index (χ1) is 7.44. The van der Waals surface area contributed by atoms with E-state index in [-0.39, 0.29) is 11.5 Å². The quantitative estimate of drug-likeness (QED) is 0.813. The minimum absolute atomic E-state index is 0.234. The van der Waals surface area contributed by atoms with Crippen molar-refractivity contribution in [2.45, 2.75) is 39.2 Å². The molecule has 0 aliphatic heterocycles. The molecular weight excluding hydrogens is 284 g/mol. The molecule has 1 unspecified atom stereocenters. The van der Waals surface area contributed by atoms with Gasteiger partial charge in [-0.25, -0.2) is 0 Å². The largest absolute Gasteiger partial charge is 0.389 e. The Morgan fingerprint density at radius 1 is 1.50 bits per heavy atom. The molecule has 0 aromatic carbocycles. The van der Waals surface area contributed by atoms with Crippen LogP contribution in [0.3, 0.4) is 0 Å². The Morgan fingerprint density at radius 3 is 2.81 bits per heavy atom.